The molecule has 0 unspecified atom stereocenters. The van der Waals surface area contributed by atoms with Crippen LogP contribution in [-0.2, 0) is 62.8 Å². The third kappa shape index (κ3) is 12.1. The highest BCUT2D eigenvalue weighted by atomic mass is 31.2. The van der Waals surface area contributed by atoms with Gasteiger partial charge in [-0.15, -0.1) is 0 Å². The molecule has 418 valence electrons. The largest absolute Gasteiger partial charge is 0.493 e. The Labute approximate surface area is 450 Å². The van der Waals surface area contributed by atoms with Crippen LogP contribution in [-0.4, -0.2) is 98.9 Å². The Balaban J connectivity index is 1.54. The van der Waals surface area contributed by atoms with E-state index in [4.69, 9.17) is 28.1 Å². The number of fused-ring (bicyclic) bond motifs is 8. The Morgan fingerprint density at radius 3 is 1.12 bits per heavy atom. The van der Waals surface area contributed by atoms with E-state index in [0.717, 1.165) is 24.8 Å². The summed E-state index contributed by atoms with van der Waals surface area (Å²) >= 11 is 0. The van der Waals surface area contributed by atoms with Crippen LogP contribution >= 0.6 is 31.3 Å². The summed E-state index contributed by atoms with van der Waals surface area (Å²) < 4.78 is 70.2. The predicted molar refractivity (Wildman–Crippen MR) is 284 cm³/mol. The molecule has 0 atom stereocenters. The zero-order valence-corrected chi connectivity index (χ0v) is 45.5. The number of hydrogen-bond acceptors (Lipinski definition) is 18. The van der Waals surface area contributed by atoms with E-state index < -0.39 is 81.2 Å². The minimum atomic E-state index is -5.16. The fourth-order valence-corrected chi connectivity index (χ4v) is 10.5. The lowest BCUT2D eigenvalue weighted by Crippen LogP contribution is -2.03. The van der Waals surface area contributed by atoms with Crippen molar-refractivity contribution in [1.82, 2.24) is 39.3 Å². The normalized spacial score (nSPS) is 12.9. The lowest BCUT2D eigenvalue weighted by atomic mass is 9.94. The van der Waals surface area contributed by atoms with Crippen LogP contribution < -0.4 is 0 Å². The van der Waals surface area contributed by atoms with Crippen molar-refractivity contribution < 1.29 is 95.9 Å². The lowest BCUT2D eigenvalue weighted by Gasteiger charge is -2.17. The van der Waals surface area contributed by atoms with Gasteiger partial charge in [0.15, 0.2) is 0 Å². The van der Waals surface area contributed by atoms with Crippen LogP contribution in [0.25, 0.3) is 85.4 Å². The summed E-state index contributed by atoms with van der Waals surface area (Å²) in [7, 11) is -20.6. The summed E-state index contributed by atoms with van der Waals surface area (Å²) in [5.41, 5.74) is 2.01. The summed E-state index contributed by atoms with van der Waals surface area (Å²) in [5.74, 6) is -2.04. The van der Waals surface area contributed by atoms with Gasteiger partial charge in [0.25, 0.3) is 0 Å². The van der Waals surface area contributed by atoms with Crippen LogP contribution in [0, 0.1) is 27.7 Å². The number of H-pyrrole nitrogens is 1. The van der Waals surface area contributed by atoms with Gasteiger partial charge in [-0.25, -0.2) is 48.2 Å². The van der Waals surface area contributed by atoms with Gasteiger partial charge in [0.2, 0.25) is 23.5 Å². The number of nitrogens with one attached hydrogen (secondary N) is 1. The van der Waals surface area contributed by atoms with Crippen molar-refractivity contribution in [3.05, 3.63) is 123 Å². The van der Waals surface area contributed by atoms with E-state index in [-0.39, 0.29) is 128 Å². The standard InChI is InChI=1S/C48H46N8O20P4/c1-22-37(27(13-49-45(22)57)18-73-77(61,62)63)41-26-11-12-56(17-26)44(40-25(4)48(60)52-16-30(40)21-76-80(70,71)72)36-10-9-35(55-36)43(39-24(3)47(59)51-15-29(39)20-75-79(67,68)69)34-8-7-33(54-34)42(32-6-5-31(41)53-32)38-23(2)46(58)50-14-28(38)19-74-78(64,65)66/h5-17,54H,18-21H2,1-4H3,(H,49,57)(H,50,58)(H,51,59)(H,52,60)(H2,61,62,63)(H2,64,65,66)(H2,67,68,69)(H2,70,71,72). The number of rotatable bonds is 16. The van der Waals surface area contributed by atoms with Crippen LogP contribution in [0.1, 0.15) is 67.3 Å². The van der Waals surface area contributed by atoms with Gasteiger partial charge in [0.1, 0.15) is 0 Å². The number of nitrogens with zero attached hydrogens (tertiary/aromatic N) is 7. The summed E-state index contributed by atoms with van der Waals surface area (Å²) in [6.07, 6.45) is 13.8. The quantitative estimate of drug-likeness (QED) is 0.0426. The number of aromatic nitrogens is 8. The highest BCUT2D eigenvalue weighted by Crippen LogP contribution is 2.48. The van der Waals surface area contributed by atoms with E-state index in [2.05, 4.69) is 24.9 Å². The minimum absolute atomic E-state index is 0.0298. The molecule has 0 spiro atoms. The van der Waals surface area contributed by atoms with E-state index >= 15 is 0 Å². The number of aromatic hydroxyl groups is 4. The second kappa shape index (κ2) is 21.7. The maximum absolute atomic E-state index is 12.2. The smallest absolute Gasteiger partial charge is 0.469 e. The van der Waals surface area contributed by atoms with Gasteiger partial charge in [-0.3, -0.25) is 18.1 Å². The second-order valence-corrected chi connectivity index (χ2v) is 22.9. The first-order valence-electron chi connectivity index (χ1n) is 23.1. The van der Waals surface area contributed by atoms with Crippen LogP contribution in [0.15, 0.2) is 55.4 Å². The van der Waals surface area contributed by atoms with Gasteiger partial charge < -0.3 is 69.0 Å². The summed E-state index contributed by atoms with van der Waals surface area (Å²) in [4.78, 5) is 109. The number of phosphoric acid groups is 4. The maximum atomic E-state index is 12.2. The fourth-order valence-electron chi connectivity index (χ4n) is 9.29. The van der Waals surface area contributed by atoms with E-state index in [0.29, 0.717) is 0 Å². The average molecular weight is 1180 g/mol. The van der Waals surface area contributed by atoms with Crippen molar-refractivity contribution in [1.29, 1.82) is 0 Å². The lowest BCUT2D eigenvalue weighted by molar-refractivity contribution is 0.187. The molecule has 2 aliphatic heterocycles. The molecule has 9 heterocycles. The molecular formula is C48H46N8O20P4. The van der Waals surface area contributed by atoms with Crippen molar-refractivity contribution in [2.24, 2.45) is 0 Å². The Bertz CT molecular complexity index is 3640. The summed E-state index contributed by atoms with van der Waals surface area (Å²) in [6.45, 7) is 2.83. The average Bonchev–Trinajstić information content (AvgIpc) is 4.23. The molecule has 80 heavy (non-hydrogen) atoms. The Hall–Kier alpha value is -7.16. The molecule has 0 radical (unpaired) electrons. The Morgan fingerprint density at radius 1 is 0.438 bits per heavy atom. The van der Waals surface area contributed by atoms with Crippen molar-refractivity contribution >= 4 is 72.0 Å². The van der Waals surface area contributed by atoms with Gasteiger partial charge in [-0.05, 0) is 75.8 Å². The zero-order valence-electron chi connectivity index (χ0n) is 41.9. The zero-order chi connectivity index (χ0) is 58.0. The maximum Gasteiger partial charge on any atom is 0.469 e. The highest BCUT2D eigenvalue weighted by Gasteiger charge is 2.29. The van der Waals surface area contributed by atoms with Gasteiger partial charge in [-0.1, -0.05) is 0 Å². The monoisotopic (exact) mass is 1180 g/mol. The van der Waals surface area contributed by atoms with Gasteiger partial charge in [-0.2, -0.15) is 0 Å². The molecule has 0 saturated heterocycles. The van der Waals surface area contributed by atoms with Gasteiger partial charge >= 0.3 is 31.3 Å². The molecule has 0 fully saturated rings. The van der Waals surface area contributed by atoms with E-state index in [9.17, 15) is 77.8 Å². The van der Waals surface area contributed by atoms with Gasteiger partial charge in [0.05, 0.1) is 54.9 Å². The van der Waals surface area contributed by atoms with Crippen molar-refractivity contribution in [2.45, 2.75) is 54.1 Å². The van der Waals surface area contributed by atoms with Crippen LogP contribution in [0.4, 0.5) is 0 Å². The number of hydrogen-bond donors (Lipinski definition) is 13. The fraction of sp³-hybridized carbons (Fsp3) is 0.167. The molecule has 28 nitrogen and oxygen atoms in total. The minimum Gasteiger partial charge on any atom is -0.493 e. The molecular weight excluding hydrogens is 1130 g/mol. The molecule has 7 aromatic heterocycles. The van der Waals surface area contributed by atoms with Crippen LogP contribution in [0.2, 0.25) is 0 Å². The first-order chi connectivity index (χ1) is 37.5. The first kappa shape index (κ1) is 57.5. The SMILES string of the molecule is Cc1c(O)ncc(COP(=O)(O)O)c1-c1c2nc(c(-c3c(COP(=O)(O)O)cnc(O)c3C)c3ccc([nH]3)c(-c3c(COP(=O)(O)O)cnc(O)c3C)c3nc(c(-c4c(COP(=O)(O)O)cnc(O)c4C)n4ccc1c4)C=C3)C=C2. The number of pyridine rings is 4. The molecule has 9 rings (SSSR count). The molecule has 0 saturated carbocycles. The highest BCUT2D eigenvalue weighted by molar-refractivity contribution is 7.47. The third-order valence-electron chi connectivity index (χ3n) is 12.8. The molecule has 13 N–H and O–H groups in total. The first-order valence-corrected chi connectivity index (χ1v) is 29.3. The Kier molecular flexibility index (Phi) is 15.6. The van der Waals surface area contributed by atoms with E-state index in [1.807, 2.05) is 0 Å². The molecule has 0 aliphatic carbocycles. The molecule has 0 aromatic carbocycles. The molecule has 2 aliphatic rings. The summed E-state index contributed by atoms with van der Waals surface area (Å²) in [6, 6.07) is 4.71. The predicted octanol–water partition coefficient (Wildman–Crippen LogP) is 7.17. The van der Waals surface area contributed by atoms with Crippen molar-refractivity contribution in [3.8, 4) is 68.2 Å². The summed E-state index contributed by atoms with van der Waals surface area (Å²) in [5, 5.41) is 45.2. The second-order valence-electron chi connectivity index (χ2n) is 18.0. The Morgan fingerprint density at radius 2 is 0.750 bits per heavy atom. The van der Waals surface area contributed by atoms with Crippen molar-refractivity contribution in [2.75, 3.05) is 0 Å². The number of phosphoric ester groups is 4. The molecule has 0 amide bonds. The topological polar surface area (TPSA) is 446 Å². The van der Waals surface area contributed by atoms with Crippen molar-refractivity contribution in [3.63, 3.8) is 0 Å². The molecule has 32 heteroatoms. The molecule has 7 aromatic rings. The van der Waals surface area contributed by atoms with Gasteiger partial charge in [0, 0.05) is 131 Å². The van der Waals surface area contributed by atoms with Crippen LogP contribution in [0.5, 0.6) is 23.5 Å². The van der Waals surface area contributed by atoms with E-state index in [1.165, 1.54) is 50.4 Å². The third-order valence-corrected chi connectivity index (χ3v) is 14.7. The molecule has 8 bridgehead atoms. The van der Waals surface area contributed by atoms with E-state index in [1.54, 1.807) is 36.5 Å². The number of aromatic amines is 1. The van der Waals surface area contributed by atoms with Crippen LogP contribution in [0.3, 0.4) is 0 Å².